The Morgan fingerprint density at radius 3 is 1.26 bits per heavy atom. The molecule has 776 valence electrons. The lowest BCUT2D eigenvalue weighted by Crippen LogP contribution is -3.00. The summed E-state index contributed by atoms with van der Waals surface area (Å²) in [6.45, 7) is 32.3. The number of epoxide rings is 1. The number of nitrogens with zero attached hydrogens (tertiary/aromatic N) is 9. The smallest absolute Gasteiger partial charge is 0.410 e. The van der Waals surface area contributed by atoms with Crippen molar-refractivity contribution in [3.63, 3.8) is 0 Å². The van der Waals surface area contributed by atoms with E-state index in [9.17, 15) is 66.2 Å². The number of halogens is 4. The molecular weight excluding hydrogens is 1980 g/mol. The number of ether oxygens (including phenoxy) is 7. The van der Waals surface area contributed by atoms with Gasteiger partial charge in [-0.1, -0.05) is 243 Å². The van der Waals surface area contributed by atoms with E-state index in [1.54, 1.807) is 79.2 Å². The Balaban J connectivity index is 0.000000190. The molecule has 9 N–H and O–H groups in total. The molecule has 2 unspecified atom stereocenters. The number of rotatable bonds is 18. The lowest BCUT2D eigenvalue weighted by molar-refractivity contribution is -0.123. The fourth-order valence-electron chi connectivity index (χ4n) is 17.7. The molecule has 7 fully saturated rings. The van der Waals surface area contributed by atoms with Gasteiger partial charge in [0.2, 0.25) is 5.69 Å². The summed E-state index contributed by atoms with van der Waals surface area (Å²) in [5, 5.41) is 18.2. The Morgan fingerprint density at radius 1 is 0.497 bits per heavy atom. The number of benzene rings is 7. The summed E-state index contributed by atoms with van der Waals surface area (Å²) in [7, 11) is 0. The Labute approximate surface area is 861 Å². The van der Waals surface area contributed by atoms with Gasteiger partial charge in [0.05, 0.1) is 66.3 Å². The highest BCUT2D eigenvalue weighted by atomic mass is 127. The number of hydrogen-bond acceptors (Lipinski definition) is 23. The average molecular weight is 2110 g/mol. The number of amides is 11. The summed E-state index contributed by atoms with van der Waals surface area (Å²) in [6.07, 6.45) is 3.82. The van der Waals surface area contributed by atoms with Crippen molar-refractivity contribution in [2.75, 3.05) is 104 Å². The van der Waals surface area contributed by atoms with Crippen molar-refractivity contribution in [1.82, 2.24) is 54.9 Å². The van der Waals surface area contributed by atoms with Crippen LogP contribution in [0.15, 0.2) is 231 Å². The number of carbonyl (C=O) groups is 10. The number of aromatic nitrogens is 2. The van der Waals surface area contributed by atoms with Gasteiger partial charge in [-0.2, -0.15) is 13.2 Å². The molecule has 7 aromatic carbocycles. The first kappa shape index (κ1) is 113. The van der Waals surface area contributed by atoms with Crippen LogP contribution < -0.4 is 45.7 Å². The number of nitrogens with two attached hydrogens (primary N) is 1. The van der Waals surface area contributed by atoms with Crippen LogP contribution in [0.1, 0.15) is 139 Å². The van der Waals surface area contributed by atoms with Crippen molar-refractivity contribution in [1.29, 1.82) is 11.1 Å². The lowest BCUT2D eigenvalue weighted by atomic mass is 9.90. The van der Waals surface area contributed by atoms with E-state index in [4.69, 9.17) is 56.5 Å². The highest BCUT2D eigenvalue weighted by Crippen LogP contribution is 2.39. The number of hydrogen-bond donors (Lipinski definition) is 8. The van der Waals surface area contributed by atoms with Crippen molar-refractivity contribution >= 4 is 82.5 Å². The lowest BCUT2D eigenvalue weighted by Gasteiger charge is -2.28. The first-order valence-corrected chi connectivity index (χ1v) is 48.3. The number of morpholine rings is 1. The molecule has 7 saturated heterocycles. The van der Waals surface area contributed by atoms with E-state index in [0.717, 1.165) is 46.4 Å². The number of imide groups is 2. The fourth-order valence-corrected chi connectivity index (χ4v) is 17.7. The molecule has 11 amide bonds. The SMILES string of the molecule is C1CCOC1.CC(C)[C@@H]1CN(C(=O)OCc2ccccc2)C[C@@H]1N.CC(C)[C@@H]1CN(C(=O)OCc2ccccc2)C[C@@H]1N1C(=O)c2ccccc2C1=O.CC(C)[C@@H]1CN(C(=O)OCc2ccccc2)C[C@H]1O.N=N.O=C(OCc1ccccc1)N1CC2OC2C1.O=C(OCc1ccccc1)N1CC=CC1.O=C1NC(=O)c2ccccc21.[C-]#[N+]c1cnc2[nH]ccc2c1N[C@H]1CN(C(=O)NCC(F)(F)F)C[C@H]1C(C)C.[HH].[I-]. The van der Waals surface area contributed by atoms with E-state index in [1.807, 2.05) is 189 Å². The monoisotopic (exact) mass is 2110 g/mol. The minimum atomic E-state index is -4.45. The number of aromatic amines is 1. The van der Waals surface area contributed by atoms with E-state index < -0.39 is 30.9 Å². The maximum Gasteiger partial charge on any atom is 0.410 e. The second-order valence-corrected chi connectivity index (χ2v) is 37.3. The predicted octanol–water partition coefficient (Wildman–Crippen LogP) is 14.7. The van der Waals surface area contributed by atoms with Crippen LogP contribution in [0.5, 0.6) is 0 Å². The van der Waals surface area contributed by atoms with Gasteiger partial charge in [-0.05, 0) is 101 Å². The van der Waals surface area contributed by atoms with Gasteiger partial charge < -0.3 is 113 Å². The zero-order valence-electron chi connectivity index (χ0n) is 82.6. The molecule has 0 saturated carbocycles. The number of likely N-dealkylation sites (tertiary alicyclic amines) is 5. The zero-order valence-corrected chi connectivity index (χ0v) is 84.7. The van der Waals surface area contributed by atoms with Crippen molar-refractivity contribution in [2.45, 2.75) is 144 Å². The number of aliphatic hydroxyl groups excluding tert-OH is 1. The molecular formula is C107H131F3IN16O18-. The molecule has 19 rings (SSSR count). The van der Waals surface area contributed by atoms with E-state index >= 15 is 0 Å². The van der Waals surface area contributed by atoms with Crippen LogP contribution in [0, 0.1) is 65.0 Å². The molecule has 10 aliphatic rings. The third-order valence-electron chi connectivity index (χ3n) is 25.9. The van der Waals surface area contributed by atoms with Crippen LogP contribution in [-0.4, -0.2) is 250 Å². The maximum absolute atomic E-state index is 12.9. The fraction of sp³-hybridized carbons (Fsp3) is 0.421. The number of alkyl halides is 3. The highest BCUT2D eigenvalue weighted by Gasteiger charge is 2.51. The van der Waals surface area contributed by atoms with Crippen LogP contribution in [0.25, 0.3) is 15.9 Å². The molecule has 2 aromatic heterocycles. The van der Waals surface area contributed by atoms with Gasteiger partial charge in [0.1, 0.15) is 57.4 Å². The first-order chi connectivity index (χ1) is 69.3. The van der Waals surface area contributed by atoms with Crippen LogP contribution in [-0.2, 0) is 66.2 Å². The van der Waals surface area contributed by atoms with Gasteiger partial charge in [-0.25, -0.2) is 44.7 Å². The third kappa shape index (κ3) is 33.1. The van der Waals surface area contributed by atoms with Crippen molar-refractivity contribution in [3.8, 4) is 0 Å². The van der Waals surface area contributed by atoms with Crippen molar-refractivity contribution in [3.05, 3.63) is 292 Å². The van der Waals surface area contributed by atoms with Gasteiger partial charge in [0.15, 0.2) is 0 Å². The molecule has 0 spiro atoms. The number of pyridine rings is 1. The van der Waals surface area contributed by atoms with Gasteiger partial charge in [0.25, 0.3) is 23.6 Å². The van der Waals surface area contributed by atoms with Gasteiger partial charge in [0, 0.05) is 121 Å². The number of nitrogens with one attached hydrogen (secondary N) is 6. The van der Waals surface area contributed by atoms with E-state index in [1.165, 1.54) is 28.8 Å². The normalized spacial score (nSPS) is 20.4. The first-order valence-electron chi connectivity index (χ1n) is 48.3. The minimum Gasteiger partial charge on any atom is -1.00 e. The Kier molecular flexibility index (Phi) is 43.5. The molecule has 10 atom stereocenters. The second-order valence-electron chi connectivity index (χ2n) is 37.3. The van der Waals surface area contributed by atoms with Crippen molar-refractivity contribution < 1.29 is 125 Å². The van der Waals surface area contributed by atoms with Crippen LogP contribution in [0.2, 0.25) is 0 Å². The average Bonchev–Trinajstić information content (AvgIpc) is 1.61. The standard InChI is InChI=1S/C23H24N2O4.C18H21F3N6O.C15H22N2O2.C15H21NO3.C12H13NO3.C12H13NO2.C8H5NO2.C4H8O.HI.H2N2.H2/c1-15(2)19-12-24(23(28)29-14-16-8-4-3-5-9-16)13-20(19)25-21(26)17-10-6-7-11-18(17)22(25)27;1-10(2)12-7-27(17(28)25-9-18(19,20)21)8-14(12)26-15-11-4-5-23-16(11)24-6-13(15)22-3;1-11(2)13-8-17(9-14(13)16)15(18)19-10-12-6-4-3-5-7-12;1-11(2)13-8-16(9-14(13)17)15(18)19-10-12-6-4-3-5-7-12;14-12(13-6-10-11(7-13)16-10)15-8-9-4-2-1-3-5-9;14-12(13-8-4-5-9-13)15-10-11-6-2-1-3-7-11;10-7-5-3-1-2-4-6(5)8(11)9-7;1-2-4-5-3-1;;1-2;/h3-11,15,19-20H,12-14H2,1-2H3;4-6,10,12,14H,7-9H2,1-2H3,(H,25,28)(H2,23,24,26);3-7,11,13-14H,8-10,16H2,1-2H3;3-7,11,13-14,17H,8-10H2,1-2H3;1-5,10-11H,6-8H2;1-7H,8-10H2;1-4H,(H,9,10,11);1-4H2;1H;1-2H;1H/p-1/t19-,20-;12-,14-;13-,14-;13-,14+;;;;;;;/m0000......./s1. The topological polar surface area (TPSA) is 424 Å². The van der Waals surface area contributed by atoms with Crippen LogP contribution in [0.3, 0.4) is 0 Å². The van der Waals surface area contributed by atoms with Gasteiger partial charge in [-0.15, -0.1) is 0 Å². The van der Waals surface area contributed by atoms with Gasteiger partial charge >= 0.3 is 42.7 Å². The molecule has 38 heteroatoms. The quantitative estimate of drug-likeness (QED) is 0.00752. The number of aliphatic hydroxyl groups is 1. The summed E-state index contributed by atoms with van der Waals surface area (Å²) < 4.78 is 73.8. The zero-order chi connectivity index (χ0) is 104. The third-order valence-corrected chi connectivity index (χ3v) is 25.9. The molecule has 0 bridgehead atoms. The highest BCUT2D eigenvalue weighted by molar-refractivity contribution is 6.22. The number of carbonyl (C=O) groups excluding carboxylic acids is 10. The van der Waals surface area contributed by atoms with Gasteiger partial charge in [-0.3, -0.25) is 34.4 Å². The molecule has 0 aliphatic carbocycles. The van der Waals surface area contributed by atoms with E-state index in [0.29, 0.717) is 149 Å². The van der Waals surface area contributed by atoms with E-state index in [-0.39, 0.29) is 153 Å². The Morgan fingerprint density at radius 2 is 0.869 bits per heavy atom. The molecule has 0 radical (unpaired) electrons. The van der Waals surface area contributed by atoms with Crippen LogP contribution in [0.4, 0.5) is 53.3 Å². The second kappa shape index (κ2) is 55.8. The number of H-pyrrole nitrogens is 1. The summed E-state index contributed by atoms with van der Waals surface area (Å²) >= 11 is 0. The van der Waals surface area contributed by atoms with Crippen LogP contribution >= 0.6 is 0 Å². The largest absolute Gasteiger partial charge is 1.00 e. The number of β-amino-alcohol motifs (C(OH)–C–C–N with tert-alkyl or cyclic N) is 1. The predicted molar refractivity (Wildman–Crippen MR) is 533 cm³/mol. The summed E-state index contributed by atoms with van der Waals surface area (Å²) in [6, 6.07) is 62.4. The minimum absolute atomic E-state index is 0. The summed E-state index contributed by atoms with van der Waals surface area (Å²) in [5.41, 5.74) is 24.4. The molecule has 12 heterocycles. The Hall–Kier alpha value is -13.9. The van der Waals surface area contributed by atoms with E-state index in [2.05, 4.69) is 67.0 Å². The molecule has 145 heavy (non-hydrogen) atoms. The van der Waals surface area contributed by atoms with Crippen molar-refractivity contribution in [2.24, 2.45) is 53.1 Å². The number of urea groups is 1. The summed E-state index contributed by atoms with van der Waals surface area (Å²) in [4.78, 5) is 141. The number of anilines is 1. The maximum atomic E-state index is 12.9. The summed E-state index contributed by atoms with van der Waals surface area (Å²) in [5.74, 6) is 0.628. The number of fused-ring (bicyclic) bond motifs is 4. The molecule has 10 aliphatic heterocycles. The Bertz CT molecular complexity index is 5630. The molecule has 9 aromatic rings. The molecule has 34 nitrogen and oxygen atoms in total.